The lowest BCUT2D eigenvalue weighted by Gasteiger charge is -2.26. The second kappa shape index (κ2) is 10.3. The van der Waals surface area contributed by atoms with E-state index in [-0.39, 0.29) is 12.4 Å². The zero-order chi connectivity index (χ0) is 21.3. The standard InChI is InChI=1S/C28H25NO2/c30-28(25-15-8-3-9-16-25)22-31-27-18-10-17-26(19-27)29(20-23-11-4-1-5-12-23)21-24-13-6-2-7-14-24/h1-19H,20-22H2. The summed E-state index contributed by atoms with van der Waals surface area (Å²) in [7, 11) is 0. The third-order valence-corrected chi connectivity index (χ3v) is 5.08. The normalized spacial score (nSPS) is 10.5. The zero-order valence-electron chi connectivity index (χ0n) is 17.4. The molecule has 4 rings (SSSR count). The van der Waals surface area contributed by atoms with Gasteiger partial charge in [0.15, 0.2) is 12.4 Å². The molecule has 3 nitrogen and oxygen atoms in total. The molecule has 0 heterocycles. The van der Waals surface area contributed by atoms with Crippen LogP contribution in [0.3, 0.4) is 0 Å². The Balaban J connectivity index is 1.51. The van der Waals surface area contributed by atoms with Gasteiger partial charge in [-0.1, -0.05) is 97.1 Å². The minimum Gasteiger partial charge on any atom is -0.485 e. The van der Waals surface area contributed by atoms with Gasteiger partial charge in [-0.25, -0.2) is 0 Å². The van der Waals surface area contributed by atoms with Gasteiger partial charge >= 0.3 is 0 Å². The van der Waals surface area contributed by atoms with Crippen molar-refractivity contribution in [1.29, 1.82) is 0 Å². The van der Waals surface area contributed by atoms with E-state index in [0.717, 1.165) is 18.8 Å². The lowest BCUT2D eigenvalue weighted by atomic mass is 10.1. The quantitative estimate of drug-likeness (QED) is 0.311. The van der Waals surface area contributed by atoms with E-state index in [1.54, 1.807) is 0 Å². The number of benzene rings is 4. The molecule has 0 N–H and O–H groups in total. The molecule has 0 atom stereocenters. The summed E-state index contributed by atoms with van der Waals surface area (Å²) < 4.78 is 5.84. The van der Waals surface area contributed by atoms with Crippen LogP contribution in [-0.4, -0.2) is 12.4 Å². The molecule has 0 saturated heterocycles. The molecule has 3 heteroatoms. The van der Waals surface area contributed by atoms with Crippen molar-refractivity contribution < 1.29 is 9.53 Å². The van der Waals surface area contributed by atoms with Gasteiger partial charge in [-0.2, -0.15) is 0 Å². The van der Waals surface area contributed by atoms with Gasteiger partial charge in [0, 0.05) is 30.4 Å². The van der Waals surface area contributed by atoms with Gasteiger partial charge in [0.25, 0.3) is 0 Å². The molecule has 31 heavy (non-hydrogen) atoms. The number of anilines is 1. The molecule has 0 bridgehead atoms. The van der Waals surface area contributed by atoms with Gasteiger partial charge in [0.1, 0.15) is 5.75 Å². The molecule has 4 aromatic carbocycles. The average molecular weight is 408 g/mol. The van der Waals surface area contributed by atoms with Gasteiger partial charge in [0.2, 0.25) is 0 Å². The largest absolute Gasteiger partial charge is 0.485 e. The Bertz CT molecular complexity index is 1050. The van der Waals surface area contributed by atoms with E-state index >= 15 is 0 Å². The van der Waals surface area contributed by atoms with Crippen molar-refractivity contribution in [1.82, 2.24) is 0 Å². The molecule has 0 amide bonds. The van der Waals surface area contributed by atoms with E-state index < -0.39 is 0 Å². The predicted molar refractivity (Wildman–Crippen MR) is 125 cm³/mol. The van der Waals surface area contributed by atoms with Crippen molar-refractivity contribution >= 4 is 11.5 Å². The van der Waals surface area contributed by atoms with Gasteiger partial charge in [-0.05, 0) is 23.3 Å². The summed E-state index contributed by atoms with van der Waals surface area (Å²) in [4.78, 5) is 14.7. The molecule has 4 aromatic rings. The maximum Gasteiger partial charge on any atom is 0.200 e. The minimum absolute atomic E-state index is 0.0187. The summed E-state index contributed by atoms with van der Waals surface area (Å²) in [5.41, 5.74) is 4.19. The van der Waals surface area contributed by atoms with Crippen molar-refractivity contribution in [3.8, 4) is 5.75 Å². The summed E-state index contributed by atoms with van der Waals surface area (Å²) in [6.07, 6.45) is 0. The van der Waals surface area contributed by atoms with Crippen LogP contribution in [0.15, 0.2) is 115 Å². The SMILES string of the molecule is O=C(COc1cccc(N(Cc2ccccc2)Cc2ccccc2)c1)c1ccccc1. The van der Waals surface area contributed by atoms with Crippen molar-refractivity contribution in [3.63, 3.8) is 0 Å². The smallest absolute Gasteiger partial charge is 0.200 e. The fraction of sp³-hybridized carbons (Fsp3) is 0.107. The fourth-order valence-electron chi connectivity index (χ4n) is 3.47. The molecule has 154 valence electrons. The Kier molecular flexibility index (Phi) is 6.76. The topological polar surface area (TPSA) is 29.5 Å². The number of hydrogen-bond donors (Lipinski definition) is 0. The fourth-order valence-corrected chi connectivity index (χ4v) is 3.47. The number of rotatable bonds is 9. The van der Waals surface area contributed by atoms with Gasteiger partial charge < -0.3 is 9.64 Å². The summed E-state index contributed by atoms with van der Waals surface area (Å²) in [5, 5.41) is 0. The summed E-state index contributed by atoms with van der Waals surface area (Å²) in [5.74, 6) is 0.657. The molecular formula is C28H25NO2. The van der Waals surface area contributed by atoms with Crippen molar-refractivity contribution in [2.45, 2.75) is 13.1 Å². The summed E-state index contributed by atoms with van der Waals surface area (Å²) in [6, 6.07) is 38.0. The van der Waals surface area contributed by atoms with E-state index in [4.69, 9.17) is 4.74 Å². The third-order valence-electron chi connectivity index (χ3n) is 5.08. The molecule has 0 aromatic heterocycles. The molecule has 0 fully saturated rings. The molecule has 0 saturated carbocycles. The maximum atomic E-state index is 12.4. The van der Waals surface area contributed by atoms with Crippen LogP contribution in [-0.2, 0) is 13.1 Å². The van der Waals surface area contributed by atoms with E-state index in [1.165, 1.54) is 11.1 Å². The zero-order valence-corrected chi connectivity index (χ0v) is 17.4. The van der Waals surface area contributed by atoms with Gasteiger partial charge in [-0.15, -0.1) is 0 Å². The highest BCUT2D eigenvalue weighted by Crippen LogP contribution is 2.25. The van der Waals surface area contributed by atoms with Crippen LogP contribution >= 0.6 is 0 Å². The third kappa shape index (κ3) is 5.83. The number of carbonyl (C=O) groups is 1. The van der Waals surface area contributed by atoms with E-state index in [9.17, 15) is 4.79 Å². The number of ketones is 1. The highest BCUT2D eigenvalue weighted by atomic mass is 16.5. The highest BCUT2D eigenvalue weighted by Gasteiger charge is 2.11. The predicted octanol–water partition coefficient (Wildman–Crippen LogP) is 6.16. The minimum atomic E-state index is -0.0311. The van der Waals surface area contributed by atoms with Crippen LogP contribution in [0.4, 0.5) is 5.69 Å². The molecule has 0 unspecified atom stereocenters. The van der Waals surface area contributed by atoms with Crippen molar-refractivity contribution in [2.75, 3.05) is 11.5 Å². The van der Waals surface area contributed by atoms with Gasteiger partial charge in [0.05, 0.1) is 0 Å². The molecule has 0 aliphatic heterocycles. The maximum absolute atomic E-state index is 12.4. The highest BCUT2D eigenvalue weighted by molar-refractivity contribution is 5.97. The van der Waals surface area contributed by atoms with Crippen LogP contribution in [0.25, 0.3) is 0 Å². The lowest BCUT2D eigenvalue weighted by Crippen LogP contribution is -2.22. The first-order chi connectivity index (χ1) is 15.3. The number of nitrogens with zero attached hydrogens (tertiary/aromatic N) is 1. The van der Waals surface area contributed by atoms with Crippen LogP contribution in [0, 0.1) is 0 Å². The number of ether oxygens (including phenoxy) is 1. The van der Waals surface area contributed by atoms with E-state index in [0.29, 0.717) is 11.3 Å². The molecule has 0 spiro atoms. The second-order valence-corrected chi connectivity index (χ2v) is 7.40. The van der Waals surface area contributed by atoms with E-state index in [2.05, 4.69) is 59.5 Å². The monoisotopic (exact) mass is 407 g/mol. The van der Waals surface area contributed by atoms with Crippen molar-refractivity contribution in [3.05, 3.63) is 132 Å². The number of carbonyl (C=O) groups excluding carboxylic acids is 1. The van der Waals surface area contributed by atoms with Crippen LogP contribution < -0.4 is 9.64 Å². The van der Waals surface area contributed by atoms with Crippen LogP contribution in [0.2, 0.25) is 0 Å². The number of hydrogen-bond acceptors (Lipinski definition) is 3. The first kappa shape index (κ1) is 20.4. The molecule has 0 aliphatic carbocycles. The first-order valence-electron chi connectivity index (χ1n) is 10.4. The van der Waals surface area contributed by atoms with Crippen molar-refractivity contribution in [2.24, 2.45) is 0 Å². The second-order valence-electron chi connectivity index (χ2n) is 7.40. The summed E-state index contributed by atoms with van der Waals surface area (Å²) in [6.45, 7) is 1.58. The molecular weight excluding hydrogens is 382 g/mol. The lowest BCUT2D eigenvalue weighted by molar-refractivity contribution is 0.0921. The Morgan fingerprint density at radius 2 is 1.19 bits per heavy atom. The first-order valence-corrected chi connectivity index (χ1v) is 10.4. The Morgan fingerprint density at radius 1 is 0.645 bits per heavy atom. The Hall–Kier alpha value is -3.85. The number of Topliss-reactive ketones (excluding diaryl/α,β-unsaturated/α-hetero) is 1. The van der Waals surface area contributed by atoms with Crippen LogP contribution in [0.5, 0.6) is 5.75 Å². The Labute approximate surface area is 183 Å². The molecule has 0 aliphatic rings. The van der Waals surface area contributed by atoms with Gasteiger partial charge in [-0.3, -0.25) is 4.79 Å². The average Bonchev–Trinajstić information content (AvgIpc) is 2.84. The Morgan fingerprint density at radius 3 is 1.77 bits per heavy atom. The van der Waals surface area contributed by atoms with E-state index in [1.807, 2.05) is 60.7 Å². The molecule has 0 radical (unpaired) electrons. The van der Waals surface area contributed by atoms with Crippen LogP contribution in [0.1, 0.15) is 21.5 Å². The summed E-state index contributed by atoms with van der Waals surface area (Å²) >= 11 is 0.